The Hall–Kier alpha value is -1.46. The molecule has 1 fully saturated rings. The minimum absolute atomic E-state index is 0.201. The molecule has 0 radical (unpaired) electrons. The van der Waals surface area contributed by atoms with Gasteiger partial charge in [-0.25, -0.2) is 0 Å². The van der Waals surface area contributed by atoms with Gasteiger partial charge in [0.25, 0.3) is 5.69 Å². The van der Waals surface area contributed by atoms with Crippen LogP contribution in [0.15, 0.2) is 24.3 Å². The Bertz CT molecular complexity index is 470. The number of nitrogens with zero attached hydrogens (tertiary/aromatic N) is 2. The second kappa shape index (κ2) is 7.52. The number of hydrogen-bond acceptors (Lipinski definition) is 4. The first-order chi connectivity index (χ1) is 10.1. The predicted octanol–water partition coefficient (Wildman–Crippen LogP) is 2.80. The molecule has 2 rings (SSSR count). The van der Waals surface area contributed by atoms with E-state index in [0.29, 0.717) is 18.5 Å². The summed E-state index contributed by atoms with van der Waals surface area (Å²) in [6.45, 7) is 8.27. The Morgan fingerprint density at radius 1 is 1.29 bits per heavy atom. The molecular weight excluding hydrogens is 266 g/mol. The molecule has 1 atom stereocenters. The molecule has 5 nitrogen and oxygen atoms in total. The third-order valence-corrected chi connectivity index (χ3v) is 4.24. The van der Waals surface area contributed by atoms with Crippen LogP contribution in [0.5, 0.6) is 0 Å². The molecule has 1 saturated heterocycles. The summed E-state index contributed by atoms with van der Waals surface area (Å²) in [5.74, 6) is 0.585. The molecule has 1 unspecified atom stereocenters. The van der Waals surface area contributed by atoms with E-state index in [4.69, 9.17) is 0 Å². The molecule has 0 amide bonds. The van der Waals surface area contributed by atoms with Crippen molar-refractivity contribution in [1.82, 2.24) is 10.2 Å². The van der Waals surface area contributed by atoms with Gasteiger partial charge in [-0.2, -0.15) is 0 Å². The van der Waals surface area contributed by atoms with Gasteiger partial charge >= 0.3 is 0 Å². The van der Waals surface area contributed by atoms with Crippen LogP contribution >= 0.6 is 0 Å². The van der Waals surface area contributed by atoms with Crippen molar-refractivity contribution in [2.75, 3.05) is 19.6 Å². The average molecular weight is 291 g/mol. The SMILES string of the molecule is CC(C)C(CNCc1ccccc1[N+](=O)[O-])N1CCCC1. The third-order valence-electron chi connectivity index (χ3n) is 4.24. The van der Waals surface area contributed by atoms with Crippen LogP contribution < -0.4 is 5.32 Å². The quantitative estimate of drug-likeness (QED) is 0.620. The number of rotatable bonds is 7. The van der Waals surface area contributed by atoms with E-state index in [2.05, 4.69) is 24.1 Å². The topological polar surface area (TPSA) is 58.4 Å². The van der Waals surface area contributed by atoms with Crippen LogP contribution in [0.4, 0.5) is 5.69 Å². The van der Waals surface area contributed by atoms with E-state index in [9.17, 15) is 10.1 Å². The summed E-state index contributed by atoms with van der Waals surface area (Å²) in [7, 11) is 0. The van der Waals surface area contributed by atoms with Gasteiger partial charge < -0.3 is 5.32 Å². The van der Waals surface area contributed by atoms with E-state index in [1.807, 2.05) is 12.1 Å². The van der Waals surface area contributed by atoms with E-state index >= 15 is 0 Å². The molecule has 21 heavy (non-hydrogen) atoms. The molecule has 1 N–H and O–H groups in total. The van der Waals surface area contributed by atoms with E-state index in [1.165, 1.54) is 25.9 Å². The molecule has 1 aromatic rings. The van der Waals surface area contributed by atoms with E-state index in [0.717, 1.165) is 12.1 Å². The first kappa shape index (κ1) is 15.9. The van der Waals surface area contributed by atoms with Gasteiger partial charge in [-0.1, -0.05) is 32.0 Å². The molecule has 0 spiro atoms. The number of nitro groups is 1. The first-order valence-corrected chi connectivity index (χ1v) is 7.76. The summed E-state index contributed by atoms with van der Waals surface area (Å²) in [5.41, 5.74) is 0.957. The number of likely N-dealkylation sites (tertiary alicyclic amines) is 1. The van der Waals surface area contributed by atoms with Crippen molar-refractivity contribution in [2.45, 2.75) is 39.3 Å². The molecule has 5 heteroatoms. The van der Waals surface area contributed by atoms with Gasteiger partial charge in [-0.05, 0) is 31.8 Å². The van der Waals surface area contributed by atoms with E-state index in [-0.39, 0.29) is 10.6 Å². The maximum absolute atomic E-state index is 11.0. The first-order valence-electron chi connectivity index (χ1n) is 7.76. The van der Waals surface area contributed by atoms with Crippen molar-refractivity contribution in [2.24, 2.45) is 5.92 Å². The largest absolute Gasteiger partial charge is 0.311 e. The molecule has 1 aliphatic heterocycles. The zero-order valence-corrected chi connectivity index (χ0v) is 12.9. The molecular formula is C16H25N3O2. The van der Waals surface area contributed by atoms with Gasteiger partial charge in [0, 0.05) is 30.8 Å². The Labute approximate surface area is 126 Å². The van der Waals surface area contributed by atoms with Gasteiger partial charge in [0.1, 0.15) is 0 Å². The van der Waals surface area contributed by atoms with Crippen LogP contribution in [0.1, 0.15) is 32.3 Å². The Morgan fingerprint density at radius 3 is 2.57 bits per heavy atom. The molecule has 0 saturated carbocycles. The molecule has 1 heterocycles. The van der Waals surface area contributed by atoms with Crippen LogP contribution in [-0.2, 0) is 6.54 Å². The fraction of sp³-hybridized carbons (Fsp3) is 0.625. The summed E-state index contributed by atoms with van der Waals surface area (Å²) in [5, 5.41) is 14.4. The van der Waals surface area contributed by atoms with Gasteiger partial charge in [-0.3, -0.25) is 15.0 Å². The van der Waals surface area contributed by atoms with Crippen molar-refractivity contribution in [3.05, 3.63) is 39.9 Å². The normalized spacial score (nSPS) is 17.3. The van der Waals surface area contributed by atoms with Crippen LogP contribution in [0.3, 0.4) is 0 Å². The van der Waals surface area contributed by atoms with Gasteiger partial charge in [0.05, 0.1) is 4.92 Å². The standard InChI is InChI=1S/C16H25N3O2/c1-13(2)16(18-9-5-6-10-18)12-17-11-14-7-3-4-8-15(14)19(20)21/h3-4,7-8,13,16-17H,5-6,9-12H2,1-2H3. The van der Waals surface area contributed by atoms with Gasteiger partial charge in [0.2, 0.25) is 0 Å². The Kier molecular flexibility index (Phi) is 5.70. The number of nitro benzene ring substituents is 1. The van der Waals surface area contributed by atoms with Gasteiger partial charge in [0.15, 0.2) is 0 Å². The predicted molar refractivity (Wildman–Crippen MR) is 84.2 cm³/mol. The fourth-order valence-corrected chi connectivity index (χ4v) is 3.05. The maximum Gasteiger partial charge on any atom is 0.273 e. The Balaban J connectivity index is 1.92. The lowest BCUT2D eigenvalue weighted by atomic mass is 10.0. The zero-order valence-electron chi connectivity index (χ0n) is 12.9. The highest BCUT2D eigenvalue weighted by molar-refractivity contribution is 5.39. The lowest BCUT2D eigenvalue weighted by Crippen LogP contribution is -2.44. The second-order valence-electron chi connectivity index (χ2n) is 6.07. The number of para-hydroxylation sites is 1. The monoisotopic (exact) mass is 291 g/mol. The number of benzene rings is 1. The lowest BCUT2D eigenvalue weighted by Gasteiger charge is -2.31. The zero-order chi connectivity index (χ0) is 15.2. The minimum atomic E-state index is -0.308. The molecule has 0 bridgehead atoms. The second-order valence-corrected chi connectivity index (χ2v) is 6.07. The summed E-state index contributed by atoms with van der Waals surface area (Å²) in [6.07, 6.45) is 2.57. The van der Waals surface area contributed by atoms with Crippen LogP contribution in [0.25, 0.3) is 0 Å². The maximum atomic E-state index is 11.0. The third kappa shape index (κ3) is 4.25. The van der Waals surface area contributed by atoms with E-state index < -0.39 is 0 Å². The smallest absolute Gasteiger partial charge is 0.273 e. The van der Waals surface area contributed by atoms with Crippen molar-refractivity contribution in [3.63, 3.8) is 0 Å². The molecule has 1 aliphatic rings. The highest BCUT2D eigenvalue weighted by Crippen LogP contribution is 2.19. The van der Waals surface area contributed by atoms with Crippen molar-refractivity contribution in [3.8, 4) is 0 Å². The lowest BCUT2D eigenvalue weighted by molar-refractivity contribution is -0.385. The average Bonchev–Trinajstić information content (AvgIpc) is 2.97. The molecule has 0 aromatic heterocycles. The highest BCUT2D eigenvalue weighted by atomic mass is 16.6. The van der Waals surface area contributed by atoms with Crippen molar-refractivity contribution in [1.29, 1.82) is 0 Å². The van der Waals surface area contributed by atoms with Crippen molar-refractivity contribution < 1.29 is 4.92 Å². The molecule has 1 aromatic carbocycles. The van der Waals surface area contributed by atoms with Crippen LogP contribution in [-0.4, -0.2) is 35.5 Å². The summed E-state index contributed by atoms with van der Waals surface area (Å²) in [4.78, 5) is 13.2. The highest BCUT2D eigenvalue weighted by Gasteiger charge is 2.24. The van der Waals surface area contributed by atoms with Crippen molar-refractivity contribution >= 4 is 5.69 Å². The summed E-state index contributed by atoms with van der Waals surface area (Å²) < 4.78 is 0. The summed E-state index contributed by atoms with van der Waals surface area (Å²) in [6, 6.07) is 7.46. The Morgan fingerprint density at radius 2 is 1.95 bits per heavy atom. The number of nitrogens with one attached hydrogen (secondary N) is 1. The molecule has 0 aliphatic carbocycles. The summed E-state index contributed by atoms with van der Waals surface area (Å²) >= 11 is 0. The minimum Gasteiger partial charge on any atom is -0.311 e. The van der Waals surface area contributed by atoms with Gasteiger partial charge in [-0.15, -0.1) is 0 Å². The van der Waals surface area contributed by atoms with Crippen LogP contribution in [0, 0.1) is 16.0 Å². The number of hydrogen-bond donors (Lipinski definition) is 1. The van der Waals surface area contributed by atoms with Crippen LogP contribution in [0.2, 0.25) is 0 Å². The fourth-order valence-electron chi connectivity index (χ4n) is 3.05. The molecule has 116 valence electrons. The van der Waals surface area contributed by atoms with E-state index in [1.54, 1.807) is 12.1 Å².